The van der Waals surface area contributed by atoms with Gasteiger partial charge in [0.25, 0.3) is 0 Å². The van der Waals surface area contributed by atoms with Gasteiger partial charge in [0.2, 0.25) is 11.8 Å². The van der Waals surface area contributed by atoms with Crippen LogP contribution in [0.3, 0.4) is 0 Å². The van der Waals surface area contributed by atoms with Crippen molar-refractivity contribution in [1.29, 1.82) is 0 Å². The van der Waals surface area contributed by atoms with E-state index >= 15 is 0 Å². The van der Waals surface area contributed by atoms with Crippen molar-refractivity contribution in [2.75, 3.05) is 40.6 Å². The lowest BCUT2D eigenvalue weighted by Crippen LogP contribution is -2.41. The number of aryl methyl sites for hydroxylation is 2. The Morgan fingerprint density at radius 3 is 2.33 bits per heavy atom. The zero-order valence-corrected chi connectivity index (χ0v) is 26.6. The number of hydrogen-bond donors (Lipinski definition) is 1. The summed E-state index contributed by atoms with van der Waals surface area (Å²) in [6, 6.07) is 15.6. The molecular formula is C33H41Cl2N3O5. The lowest BCUT2D eigenvalue weighted by molar-refractivity contribution is -0.136. The Hall–Kier alpha value is -3.04. The summed E-state index contributed by atoms with van der Waals surface area (Å²) < 4.78 is 22.2. The molecule has 0 radical (unpaired) electrons. The molecule has 1 amide bonds. The van der Waals surface area contributed by atoms with E-state index in [1.807, 2.05) is 54.3 Å². The van der Waals surface area contributed by atoms with Crippen LogP contribution in [-0.2, 0) is 28.9 Å². The van der Waals surface area contributed by atoms with Crippen LogP contribution in [0, 0.1) is 12.8 Å². The number of nitrogens with zero attached hydrogens (tertiary/aromatic N) is 2. The highest BCUT2D eigenvalue weighted by atomic mass is 35.5. The largest absolute Gasteiger partial charge is 0.490 e. The first-order valence-electron chi connectivity index (χ1n) is 14.6. The van der Waals surface area contributed by atoms with E-state index in [1.165, 1.54) is 0 Å². The van der Waals surface area contributed by atoms with E-state index in [9.17, 15) is 4.79 Å². The first-order chi connectivity index (χ1) is 20.8. The minimum absolute atomic E-state index is 0.0765. The topological polar surface area (TPSA) is 96.1 Å². The van der Waals surface area contributed by atoms with Crippen molar-refractivity contribution in [3.8, 4) is 17.4 Å². The van der Waals surface area contributed by atoms with Crippen LogP contribution in [-0.4, -0.2) is 62.4 Å². The second-order valence-corrected chi connectivity index (χ2v) is 11.7. The fourth-order valence-corrected chi connectivity index (χ4v) is 5.66. The molecule has 2 aromatic carbocycles. The molecule has 1 aliphatic rings. The highest BCUT2D eigenvalue weighted by molar-refractivity contribution is 6.37. The van der Waals surface area contributed by atoms with Crippen LogP contribution in [0.4, 0.5) is 0 Å². The van der Waals surface area contributed by atoms with Crippen LogP contribution in [0.25, 0.3) is 0 Å². The Kier molecular flexibility index (Phi) is 12.3. The van der Waals surface area contributed by atoms with Crippen LogP contribution in [0.1, 0.15) is 41.6 Å². The van der Waals surface area contributed by atoms with Gasteiger partial charge in [0.05, 0.1) is 23.1 Å². The molecule has 1 fully saturated rings. The number of hydrogen-bond acceptors (Lipinski definition) is 7. The van der Waals surface area contributed by atoms with Crippen molar-refractivity contribution in [3.63, 3.8) is 0 Å². The van der Waals surface area contributed by atoms with Crippen LogP contribution in [0.5, 0.6) is 17.4 Å². The highest BCUT2D eigenvalue weighted by Gasteiger charge is 2.35. The van der Waals surface area contributed by atoms with Crippen LogP contribution < -0.4 is 19.9 Å². The maximum atomic E-state index is 13.8. The fourth-order valence-electron chi connectivity index (χ4n) is 4.95. The number of amides is 1. The molecule has 10 heteroatoms. The number of pyridine rings is 1. The van der Waals surface area contributed by atoms with E-state index in [0.29, 0.717) is 60.2 Å². The molecule has 8 nitrogen and oxygen atoms in total. The Morgan fingerprint density at radius 1 is 1.00 bits per heavy atom. The SMILES string of the molecule is COCCCc1cc(CN(C(=O)C(CN)Cc2ccc(OCCOc3c(Cl)cc(C)cc3Cl)cc2)C2CC2)cc(OC)n1. The Bertz CT molecular complexity index is 1330. The molecule has 4 rings (SSSR count). The first kappa shape index (κ1) is 32.9. The van der Waals surface area contributed by atoms with Crippen LogP contribution >= 0.6 is 23.2 Å². The van der Waals surface area contributed by atoms with Crippen molar-refractivity contribution in [1.82, 2.24) is 9.88 Å². The van der Waals surface area contributed by atoms with Gasteiger partial charge < -0.3 is 29.6 Å². The molecule has 0 spiro atoms. The molecule has 0 bridgehead atoms. The van der Waals surface area contributed by atoms with E-state index in [2.05, 4.69) is 11.1 Å². The second kappa shape index (κ2) is 16.1. The third-order valence-corrected chi connectivity index (χ3v) is 7.87. The Morgan fingerprint density at radius 2 is 1.70 bits per heavy atom. The Balaban J connectivity index is 1.33. The molecule has 1 aromatic heterocycles. The zero-order valence-electron chi connectivity index (χ0n) is 25.1. The van der Waals surface area contributed by atoms with Gasteiger partial charge in [-0.2, -0.15) is 0 Å². The number of carbonyl (C=O) groups is 1. The van der Waals surface area contributed by atoms with Gasteiger partial charge in [-0.25, -0.2) is 4.98 Å². The summed E-state index contributed by atoms with van der Waals surface area (Å²) >= 11 is 12.5. The molecule has 1 heterocycles. The summed E-state index contributed by atoms with van der Waals surface area (Å²) in [5.41, 5.74) is 10.1. The molecule has 1 aliphatic carbocycles. The molecule has 232 valence electrons. The number of nitrogens with two attached hydrogens (primary N) is 1. The molecular weight excluding hydrogens is 589 g/mol. The molecule has 2 N–H and O–H groups in total. The fraction of sp³-hybridized carbons (Fsp3) is 0.455. The number of rotatable bonds is 17. The summed E-state index contributed by atoms with van der Waals surface area (Å²) in [7, 11) is 3.30. The minimum atomic E-state index is -0.324. The van der Waals surface area contributed by atoms with Crippen molar-refractivity contribution >= 4 is 29.1 Å². The van der Waals surface area contributed by atoms with Crippen LogP contribution in [0.2, 0.25) is 10.0 Å². The lowest BCUT2D eigenvalue weighted by atomic mass is 9.97. The predicted molar refractivity (Wildman–Crippen MR) is 169 cm³/mol. The number of methoxy groups -OCH3 is 2. The van der Waals surface area contributed by atoms with Crippen molar-refractivity contribution < 1.29 is 23.7 Å². The molecule has 43 heavy (non-hydrogen) atoms. The van der Waals surface area contributed by atoms with Crippen molar-refractivity contribution in [2.24, 2.45) is 11.7 Å². The summed E-state index contributed by atoms with van der Waals surface area (Å²) in [6.45, 7) is 3.98. The van der Waals surface area contributed by atoms with E-state index < -0.39 is 0 Å². The minimum Gasteiger partial charge on any atom is -0.490 e. The van der Waals surface area contributed by atoms with Gasteiger partial charge in [0.15, 0.2) is 5.75 Å². The van der Waals surface area contributed by atoms with Gasteiger partial charge >= 0.3 is 0 Å². The number of carbonyl (C=O) groups excluding carboxylic acids is 1. The van der Waals surface area contributed by atoms with Gasteiger partial charge in [-0.05, 0) is 86.1 Å². The van der Waals surface area contributed by atoms with Gasteiger partial charge in [-0.3, -0.25) is 4.79 Å². The standard InChI is InChI=1S/C33H41Cl2N3O5/c1-22-15-29(34)32(30(35)16-22)43-14-13-42-28-10-6-23(7-11-28)17-25(20-36)33(39)38(27-8-9-27)21-24-18-26(5-4-12-40-2)37-31(19-24)41-3/h6-7,10-11,15-16,18-19,25,27H,4-5,8-9,12-14,17,20-21,36H2,1-3H3. The van der Waals surface area contributed by atoms with E-state index in [4.69, 9.17) is 47.9 Å². The highest BCUT2D eigenvalue weighted by Crippen LogP contribution is 2.34. The van der Waals surface area contributed by atoms with Crippen molar-refractivity contribution in [2.45, 2.75) is 51.6 Å². The molecule has 1 unspecified atom stereocenters. The third-order valence-electron chi connectivity index (χ3n) is 7.31. The lowest BCUT2D eigenvalue weighted by Gasteiger charge is -2.27. The first-order valence-corrected chi connectivity index (χ1v) is 15.4. The zero-order chi connectivity index (χ0) is 30.8. The quantitative estimate of drug-likeness (QED) is 0.182. The Labute approximate surface area is 264 Å². The van der Waals surface area contributed by atoms with E-state index in [0.717, 1.165) is 48.1 Å². The molecule has 1 saturated carbocycles. The summed E-state index contributed by atoms with van der Waals surface area (Å²) in [4.78, 5) is 20.3. The molecule has 1 atom stereocenters. The average molecular weight is 631 g/mol. The van der Waals surface area contributed by atoms with E-state index in [-0.39, 0.29) is 24.4 Å². The number of halogens is 2. The van der Waals surface area contributed by atoms with Gasteiger partial charge in [-0.1, -0.05) is 35.3 Å². The number of benzene rings is 2. The third kappa shape index (κ3) is 9.73. The average Bonchev–Trinajstić information content (AvgIpc) is 3.84. The second-order valence-electron chi connectivity index (χ2n) is 10.8. The van der Waals surface area contributed by atoms with Crippen LogP contribution in [0.15, 0.2) is 48.5 Å². The molecule has 0 saturated heterocycles. The van der Waals surface area contributed by atoms with E-state index in [1.54, 1.807) is 14.2 Å². The van der Waals surface area contributed by atoms with Gasteiger partial charge in [0.1, 0.15) is 19.0 Å². The summed E-state index contributed by atoms with van der Waals surface area (Å²) in [6.07, 6.45) is 4.21. The smallest absolute Gasteiger partial charge is 0.227 e. The normalized spacial score (nSPS) is 13.4. The van der Waals surface area contributed by atoms with Gasteiger partial charge in [0, 0.05) is 44.6 Å². The molecule has 0 aliphatic heterocycles. The van der Waals surface area contributed by atoms with Crippen molar-refractivity contribution in [3.05, 3.63) is 81.0 Å². The maximum Gasteiger partial charge on any atom is 0.227 e. The van der Waals surface area contributed by atoms with Gasteiger partial charge in [-0.15, -0.1) is 0 Å². The summed E-state index contributed by atoms with van der Waals surface area (Å²) in [5.74, 6) is 1.47. The predicted octanol–water partition coefficient (Wildman–Crippen LogP) is 6.05. The maximum absolute atomic E-state index is 13.8. The summed E-state index contributed by atoms with van der Waals surface area (Å²) in [5, 5.41) is 0.948. The monoisotopic (exact) mass is 629 g/mol. The number of ether oxygens (including phenoxy) is 4. The number of aromatic nitrogens is 1. The molecule has 3 aromatic rings.